The molecule has 0 spiro atoms. The molecule has 0 aliphatic heterocycles. The maximum atomic E-state index is 6.17. The standard InChI is InChI=1S/C15H27N3O2/c1-4-19-14(10(2)3)15-17-13(20-18-15)9-11-7-5-6-8-12(11)16/h10-12,14H,4-9,16H2,1-3H3. The number of hydrogen-bond acceptors (Lipinski definition) is 5. The second-order valence-electron chi connectivity index (χ2n) is 6.08. The monoisotopic (exact) mass is 281 g/mol. The fourth-order valence-electron chi connectivity index (χ4n) is 2.93. The maximum Gasteiger partial charge on any atom is 0.227 e. The van der Waals surface area contributed by atoms with Gasteiger partial charge >= 0.3 is 0 Å². The number of hydrogen-bond donors (Lipinski definition) is 1. The van der Waals surface area contributed by atoms with Crippen LogP contribution in [0.1, 0.15) is 64.3 Å². The van der Waals surface area contributed by atoms with E-state index in [1.54, 1.807) is 0 Å². The minimum absolute atomic E-state index is 0.0856. The molecule has 0 radical (unpaired) electrons. The third kappa shape index (κ3) is 3.79. The Morgan fingerprint density at radius 2 is 2.10 bits per heavy atom. The van der Waals surface area contributed by atoms with Crippen LogP contribution in [-0.4, -0.2) is 22.8 Å². The highest BCUT2D eigenvalue weighted by molar-refractivity contribution is 4.95. The van der Waals surface area contributed by atoms with Gasteiger partial charge in [-0.3, -0.25) is 0 Å². The Kier molecular flexibility index (Phi) is 5.54. The second-order valence-corrected chi connectivity index (χ2v) is 6.08. The van der Waals surface area contributed by atoms with Gasteiger partial charge in [-0.15, -0.1) is 0 Å². The molecule has 2 rings (SSSR count). The van der Waals surface area contributed by atoms with Gasteiger partial charge < -0.3 is 15.0 Å². The van der Waals surface area contributed by atoms with Crippen molar-refractivity contribution in [3.05, 3.63) is 11.7 Å². The van der Waals surface area contributed by atoms with Crippen molar-refractivity contribution in [3.8, 4) is 0 Å². The van der Waals surface area contributed by atoms with E-state index in [1.165, 1.54) is 12.8 Å². The maximum absolute atomic E-state index is 6.17. The van der Waals surface area contributed by atoms with Gasteiger partial charge in [-0.1, -0.05) is 31.8 Å². The minimum atomic E-state index is -0.0856. The van der Waals surface area contributed by atoms with Crippen molar-refractivity contribution in [2.45, 2.75) is 65.0 Å². The van der Waals surface area contributed by atoms with Crippen LogP contribution in [0.5, 0.6) is 0 Å². The zero-order valence-corrected chi connectivity index (χ0v) is 12.8. The summed E-state index contributed by atoms with van der Waals surface area (Å²) in [6, 6.07) is 0.270. The lowest BCUT2D eigenvalue weighted by Crippen LogP contribution is -2.34. The van der Waals surface area contributed by atoms with E-state index in [4.69, 9.17) is 15.0 Å². The van der Waals surface area contributed by atoms with Gasteiger partial charge in [0.05, 0.1) is 0 Å². The topological polar surface area (TPSA) is 74.2 Å². The first-order valence-corrected chi connectivity index (χ1v) is 7.81. The lowest BCUT2D eigenvalue weighted by Gasteiger charge is -2.27. The van der Waals surface area contributed by atoms with Crippen molar-refractivity contribution in [1.29, 1.82) is 0 Å². The van der Waals surface area contributed by atoms with Crippen molar-refractivity contribution < 1.29 is 9.26 Å². The molecule has 1 heterocycles. The van der Waals surface area contributed by atoms with Crippen molar-refractivity contribution in [3.63, 3.8) is 0 Å². The first-order chi connectivity index (χ1) is 9.61. The lowest BCUT2D eigenvalue weighted by atomic mass is 9.83. The first kappa shape index (κ1) is 15.4. The first-order valence-electron chi connectivity index (χ1n) is 7.81. The number of aromatic nitrogens is 2. The molecule has 1 aromatic rings. The minimum Gasteiger partial charge on any atom is -0.370 e. The van der Waals surface area contributed by atoms with Crippen LogP contribution in [0.25, 0.3) is 0 Å². The van der Waals surface area contributed by atoms with Gasteiger partial charge in [0.25, 0.3) is 0 Å². The molecule has 1 aliphatic rings. The van der Waals surface area contributed by atoms with Crippen molar-refractivity contribution in [2.24, 2.45) is 17.6 Å². The van der Waals surface area contributed by atoms with E-state index in [0.29, 0.717) is 30.2 Å². The van der Waals surface area contributed by atoms with Crippen LogP contribution in [-0.2, 0) is 11.2 Å². The molecule has 20 heavy (non-hydrogen) atoms. The summed E-state index contributed by atoms with van der Waals surface area (Å²) in [6.07, 6.45) is 5.49. The number of ether oxygens (including phenoxy) is 1. The molecular weight excluding hydrogens is 254 g/mol. The molecule has 0 saturated heterocycles. The molecule has 0 amide bonds. The molecule has 2 N–H and O–H groups in total. The number of nitrogens with zero attached hydrogens (tertiary/aromatic N) is 2. The predicted molar refractivity (Wildman–Crippen MR) is 77.1 cm³/mol. The summed E-state index contributed by atoms with van der Waals surface area (Å²) >= 11 is 0. The van der Waals surface area contributed by atoms with Crippen LogP contribution in [0.15, 0.2) is 4.52 Å². The van der Waals surface area contributed by atoms with E-state index >= 15 is 0 Å². The third-order valence-electron chi connectivity index (χ3n) is 4.09. The van der Waals surface area contributed by atoms with Crippen LogP contribution < -0.4 is 5.73 Å². The Hall–Kier alpha value is -0.940. The molecule has 1 aliphatic carbocycles. The van der Waals surface area contributed by atoms with E-state index in [0.717, 1.165) is 19.3 Å². The molecule has 1 saturated carbocycles. The van der Waals surface area contributed by atoms with Gasteiger partial charge in [-0.2, -0.15) is 4.98 Å². The summed E-state index contributed by atoms with van der Waals surface area (Å²) < 4.78 is 11.1. The summed E-state index contributed by atoms with van der Waals surface area (Å²) in [7, 11) is 0. The van der Waals surface area contributed by atoms with Crippen LogP contribution in [0.4, 0.5) is 0 Å². The highest BCUT2D eigenvalue weighted by Gasteiger charge is 2.26. The molecule has 1 aromatic heterocycles. The fourth-order valence-corrected chi connectivity index (χ4v) is 2.93. The SMILES string of the molecule is CCOC(c1noc(CC2CCCCC2N)n1)C(C)C. The predicted octanol–water partition coefficient (Wildman–Crippen LogP) is 2.86. The zero-order chi connectivity index (χ0) is 14.5. The van der Waals surface area contributed by atoms with E-state index in [-0.39, 0.29) is 12.1 Å². The summed E-state index contributed by atoms with van der Waals surface area (Å²) in [5.74, 6) is 2.17. The van der Waals surface area contributed by atoms with E-state index in [9.17, 15) is 0 Å². The van der Waals surface area contributed by atoms with Crippen molar-refractivity contribution in [2.75, 3.05) is 6.61 Å². The number of rotatable bonds is 6. The number of nitrogens with two attached hydrogens (primary N) is 1. The molecule has 3 atom stereocenters. The molecule has 114 valence electrons. The molecule has 1 fully saturated rings. The second kappa shape index (κ2) is 7.18. The van der Waals surface area contributed by atoms with Crippen molar-refractivity contribution >= 4 is 0 Å². The Labute approximate surface area is 121 Å². The molecule has 3 unspecified atom stereocenters. The summed E-state index contributed by atoms with van der Waals surface area (Å²) in [4.78, 5) is 4.52. The highest BCUT2D eigenvalue weighted by Crippen LogP contribution is 2.27. The smallest absolute Gasteiger partial charge is 0.227 e. The van der Waals surface area contributed by atoms with E-state index in [1.807, 2.05) is 6.92 Å². The van der Waals surface area contributed by atoms with Crippen LogP contribution in [0, 0.1) is 11.8 Å². The highest BCUT2D eigenvalue weighted by atomic mass is 16.5. The van der Waals surface area contributed by atoms with Gasteiger partial charge in [-0.05, 0) is 31.6 Å². The Morgan fingerprint density at radius 1 is 1.35 bits per heavy atom. The van der Waals surface area contributed by atoms with Crippen LogP contribution in [0.2, 0.25) is 0 Å². The Morgan fingerprint density at radius 3 is 2.75 bits per heavy atom. The quantitative estimate of drug-likeness (QED) is 0.867. The van der Waals surface area contributed by atoms with E-state index < -0.39 is 0 Å². The fraction of sp³-hybridized carbons (Fsp3) is 0.867. The molecule has 0 aromatic carbocycles. The summed E-state index contributed by atoms with van der Waals surface area (Å²) in [6.45, 7) is 6.85. The summed E-state index contributed by atoms with van der Waals surface area (Å²) in [5.41, 5.74) is 6.17. The van der Waals surface area contributed by atoms with Gasteiger partial charge in [-0.25, -0.2) is 0 Å². The molecule has 5 heteroatoms. The van der Waals surface area contributed by atoms with Crippen molar-refractivity contribution in [1.82, 2.24) is 10.1 Å². The molecular formula is C15H27N3O2. The summed E-state index contributed by atoms with van der Waals surface area (Å²) in [5, 5.41) is 4.09. The van der Waals surface area contributed by atoms with E-state index in [2.05, 4.69) is 24.0 Å². The zero-order valence-electron chi connectivity index (χ0n) is 12.8. The lowest BCUT2D eigenvalue weighted by molar-refractivity contribution is 0.0217. The Bertz CT molecular complexity index is 406. The van der Waals surface area contributed by atoms with Gasteiger partial charge in [0, 0.05) is 19.1 Å². The Balaban J connectivity index is 2.00. The average molecular weight is 281 g/mol. The third-order valence-corrected chi connectivity index (χ3v) is 4.09. The normalized spacial score (nSPS) is 25.1. The van der Waals surface area contributed by atoms with Gasteiger partial charge in [0.2, 0.25) is 11.7 Å². The molecule has 5 nitrogen and oxygen atoms in total. The van der Waals surface area contributed by atoms with Gasteiger partial charge in [0.15, 0.2) is 0 Å². The average Bonchev–Trinajstić information content (AvgIpc) is 2.86. The van der Waals surface area contributed by atoms with Crippen LogP contribution >= 0.6 is 0 Å². The molecule has 0 bridgehead atoms. The van der Waals surface area contributed by atoms with Gasteiger partial charge in [0.1, 0.15) is 6.10 Å². The largest absolute Gasteiger partial charge is 0.370 e. The van der Waals surface area contributed by atoms with Crippen LogP contribution in [0.3, 0.4) is 0 Å².